The van der Waals surface area contributed by atoms with Crippen LogP contribution in [0, 0.1) is 46.3 Å². The van der Waals surface area contributed by atoms with Gasteiger partial charge in [0.15, 0.2) is 0 Å². The van der Waals surface area contributed by atoms with Gasteiger partial charge < -0.3 is 5.11 Å². The van der Waals surface area contributed by atoms with Crippen molar-refractivity contribution in [1.29, 1.82) is 0 Å². The van der Waals surface area contributed by atoms with Crippen molar-refractivity contribution >= 4 is 11.8 Å². The molecule has 0 amide bonds. The summed E-state index contributed by atoms with van der Waals surface area (Å²) in [7, 11) is 0. The van der Waals surface area contributed by atoms with Crippen LogP contribution in [0.3, 0.4) is 0 Å². The second kappa shape index (κ2) is 6.88. The minimum Gasteiger partial charge on any atom is -0.481 e. The molecule has 3 heteroatoms. The molecule has 4 rings (SSSR count). The van der Waals surface area contributed by atoms with E-state index in [9.17, 15) is 9.59 Å². The highest BCUT2D eigenvalue weighted by Crippen LogP contribution is 2.67. The highest BCUT2D eigenvalue weighted by atomic mass is 16.4. The quantitative estimate of drug-likeness (QED) is 0.685. The molecule has 152 valence electrons. The van der Waals surface area contributed by atoms with Crippen molar-refractivity contribution < 1.29 is 14.7 Å². The number of aliphatic carboxylic acids is 1. The zero-order valence-electron chi connectivity index (χ0n) is 17.5. The number of Topliss-reactive ketones (excluding diaryl/α,β-unsaturated/α-hetero) is 1. The molecule has 27 heavy (non-hydrogen) atoms. The Morgan fingerprint density at radius 1 is 1.11 bits per heavy atom. The second-order valence-electron chi connectivity index (χ2n) is 10.9. The second-order valence-corrected chi connectivity index (χ2v) is 10.9. The summed E-state index contributed by atoms with van der Waals surface area (Å²) in [5.74, 6) is 3.24. The zero-order valence-corrected chi connectivity index (χ0v) is 17.5. The van der Waals surface area contributed by atoms with Crippen LogP contribution in [-0.4, -0.2) is 16.9 Å². The lowest BCUT2D eigenvalue weighted by atomic mass is 9.44. The maximum atomic E-state index is 13.6. The maximum absolute atomic E-state index is 13.6. The van der Waals surface area contributed by atoms with Crippen LogP contribution in [0.5, 0.6) is 0 Å². The summed E-state index contributed by atoms with van der Waals surface area (Å²) in [5.41, 5.74) is 0.197. The number of hydrogen-bond donors (Lipinski definition) is 1. The zero-order chi connectivity index (χ0) is 19.4. The molecule has 0 saturated heterocycles. The average Bonchev–Trinajstić information content (AvgIpc) is 2.99. The molecule has 4 saturated carbocycles. The third-order valence-corrected chi connectivity index (χ3v) is 10.0. The van der Waals surface area contributed by atoms with Crippen LogP contribution in [0.4, 0.5) is 0 Å². The number of carboxylic acids is 1. The van der Waals surface area contributed by atoms with Gasteiger partial charge in [0.25, 0.3) is 0 Å². The van der Waals surface area contributed by atoms with E-state index in [0.29, 0.717) is 41.3 Å². The fourth-order valence-corrected chi connectivity index (χ4v) is 8.50. The Kier molecular flexibility index (Phi) is 4.96. The third-order valence-electron chi connectivity index (χ3n) is 10.0. The molecule has 0 heterocycles. The first-order valence-electron chi connectivity index (χ1n) is 11.5. The number of hydrogen-bond acceptors (Lipinski definition) is 2. The van der Waals surface area contributed by atoms with E-state index in [0.717, 1.165) is 24.7 Å². The fraction of sp³-hybridized carbons (Fsp3) is 0.917. The molecule has 1 N–H and O–H groups in total. The monoisotopic (exact) mass is 374 g/mol. The summed E-state index contributed by atoms with van der Waals surface area (Å²) < 4.78 is 0. The van der Waals surface area contributed by atoms with E-state index in [4.69, 9.17) is 5.11 Å². The predicted molar refractivity (Wildman–Crippen MR) is 106 cm³/mol. The molecule has 0 aromatic heterocycles. The molecule has 0 aliphatic heterocycles. The Hall–Kier alpha value is -0.860. The Bertz CT molecular complexity index is 613. The van der Waals surface area contributed by atoms with E-state index in [1.54, 1.807) is 0 Å². The Balaban J connectivity index is 1.58. The molecule has 3 nitrogen and oxygen atoms in total. The van der Waals surface area contributed by atoms with Gasteiger partial charge in [-0.1, -0.05) is 33.6 Å². The van der Waals surface area contributed by atoms with E-state index in [1.165, 1.54) is 44.9 Å². The van der Waals surface area contributed by atoms with Crippen molar-refractivity contribution in [2.75, 3.05) is 0 Å². The minimum atomic E-state index is -0.708. The van der Waals surface area contributed by atoms with E-state index < -0.39 is 5.97 Å². The Morgan fingerprint density at radius 2 is 1.89 bits per heavy atom. The van der Waals surface area contributed by atoms with Crippen LogP contribution in [0.1, 0.15) is 91.4 Å². The van der Waals surface area contributed by atoms with Gasteiger partial charge in [0.05, 0.1) is 0 Å². The standard InChI is InChI=1S/C24H38O3/c1-15(7-12-22(26)27)18-10-11-19-17-9-8-16-6-4-5-13-23(16,2)20(17)14-21(25)24(18,19)3/h15-20H,4-14H2,1-3H3,(H,26,27)/t15-,16-,17-,18+,19-,20-,23+,24-/m1/s1. The van der Waals surface area contributed by atoms with Gasteiger partial charge >= 0.3 is 5.97 Å². The maximum Gasteiger partial charge on any atom is 0.303 e. The van der Waals surface area contributed by atoms with Crippen molar-refractivity contribution in [2.45, 2.75) is 91.4 Å². The molecule has 0 bridgehead atoms. The van der Waals surface area contributed by atoms with Gasteiger partial charge in [-0.3, -0.25) is 9.59 Å². The van der Waals surface area contributed by atoms with E-state index in [-0.39, 0.29) is 11.8 Å². The summed E-state index contributed by atoms with van der Waals surface area (Å²) in [4.78, 5) is 24.6. The highest BCUT2D eigenvalue weighted by molar-refractivity contribution is 5.87. The van der Waals surface area contributed by atoms with E-state index in [2.05, 4.69) is 20.8 Å². The van der Waals surface area contributed by atoms with Crippen molar-refractivity contribution in [2.24, 2.45) is 46.3 Å². The van der Waals surface area contributed by atoms with Gasteiger partial charge in [-0.2, -0.15) is 0 Å². The van der Waals surface area contributed by atoms with Crippen LogP contribution < -0.4 is 0 Å². The van der Waals surface area contributed by atoms with Crippen LogP contribution in [0.15, 0.2) is 0 Å². The van der Waals surface area contributed by atoms with Crippen molar-refractivity contribution in [3.63, 3.8) is 0 Å². The molecule has 0 aromatic rings. The summed E-state index contributed by atoms with van der Waals surface area (Å²) in [6.45, 7) is 6.98. The molecule has 4 aliphatic carbocycles. The summed E-state index contributed by atoms with van der Waals surface area (Å²) in [6.07, 6.45) is 12.2. The molecule has 4 fully saturated rings. The SMILES string of the molecule is C[C@H](CCC(=O)O)[C@@H]1CC[C@@H]2[C@H]3CC[C@H]4CCCC[C@]4(C)[C@@H]3CC(=O)[C@@]21C. The van der Waals surface area contributed by atoms with Gasteiger partial charge in [0.1, 0.15) is 5.78 Å². The largest absolute Gasteiger partial charge is 0.481 e. The number of carbonyl (C=O) groups excluding carboxylic acids is 1. The van der Waals surface area contributed by atoms with Crippen LogP contribution in [-0.2, 0) is 9.59 Å². The predicted octanol–water partition coefficient (Wildman–Crippen LogP) is 5.72. The van der Waals surface area contributed by atoms with Gasteiger partial charge in [0, 0.05) is 18.3 Å². The van der Waals surface area contributed by atoms with Crippen LogP contribution >= 0.6 is 0 Å². The topological polar surface area (TPSA) is 54.4 Å². The van der Waals surface area contributed by atoms with Crippen molar-refractivity contribution in [3.8, 4) is 0 Å². The van der Waals surface area contributed by atoms with Crippen molar-refractivity contribution in [3.05, 3.63) is 0 Å². The first kappa shape index (κ1) is 19.5. The Labute approximate surface area is 164 Å². The number of rotatable bonds is 4. The molecular weight excluding hydrogens is 336 g/mol. The van der Waals surface area contributed by atoms with Gasteiger partial charge in [-0.25, -0.2) is 0 Å². The molecule has 0 aromatic carbocycles. The highest BCUT2D eigenvalue weighted by Gasteiger charge is 2.63. The van der Waals surface area contributed by atoms with Crippen molar-refractivity contribution in [1.82, 2.24) is 0 Å². The van der Waals surface area contributed by atoms with Gasteiger partial charge in [-0.05, 0) is 85.9 Å². The third kappa shape index (κ3) is 2.90. The first-order chi connectivity index (χ1) is 12.8. The van der Waals surface area contributed by atoms with Crippen LogP contribution in [0.25, 0.3) is 0 Å². The van der Waals surface area contributed by atoms with Gasteiger partial charge in [-0.15, -0.1) is 0 Å². The number of carbonyl (C=O) groups is 2. The molecule has 0 radical (unpaired) electrons. The summed E-state index contributed by atoms with van der Waals surface area (Å²) in [6, 6.07) is 0. The molecule has 4 aliphatic rings. The lowest BCUT2D eigenvalue weighted by Crippen LogP contribution is -2.56. The smallest absolute Gasteiger partial charge is 0.303 e. The normalized spacial score (nSPS) is 47.7. The average molecular weight is 375 g/mol. The summed E-state index contributed by atoms with van der Waals surface area (Å²) >= 11 is 0. The summed E-state index contributed by atoms with van der Waals surface area (Å²) in [5, 5.41) is 9.08. The minimum absolute atomic E-state index is 0.197. The van der Waals surface area contributed by atoms with Gasteiger partial charge in [0.2, 0.25) is 0 Å². The van der Waals surface area contributed by atoms with E-state index >= 15 is 0 Å². The van der Waals surface area contributed by atoms with E-state index in [1.807, 2.05) is 0 Å². The number of ketones is 1. The first-order valence-corrected chi connectivity index (χ1v) is 11.5. The fourth-order valence-electron chi connectivity index (χ4n) is 8.50. The lowest BCUT2D eigenvalue weighted by Gasteiger charge is -2.60. The lowest BCUT2D eigenvalue weighted by molar-refractivity contribution is -0.157. The molecule has 0 spiro atoms. The molecular formula is C24H38O3. The Morgan fingerprint density at radius 3 is 2.63 bits per heavy atom. The molecule has 0 unspecified atom stereocenters. The molecule has 8 atom stereocenters. The number of carboxylic acid groups (broad SMARTS) is 1. The van der Waals surface area contributed by atoms with Crippen LogP contribution in [0.2, 0.25) is 0 Å². The number of fused-ring (bicyclic) bond motifs is 5.